The first-order chi connectivity index (χ1) is 22.8. The molecule has 1 aliphatic heterocycles. The van der Waals surface area contributed by atoms with Crippen LogP contribution < -0.4 is 14.9 Å². The van der Waals surface area contributed by atoms with Gasteiger partial charge in [-0.2, -0.15) is 0 Å². The Morgan fingerprint density at radius 2 is 1.73 bits per heavy atom. The van der Waals surface area contributed by atoms with E-state index < -0.39 is 38.6 Å². The zero-order chi connectivity index (χ0) is 34.0. The maximum atomic E-state index is 15.8. The summed E-state index contributed by atoms with van der Waals surface area (Å²) in [6.45, 7) is 5.01. The van der Waals surface area contributed by atoms with Crippen molar-refractivity contribution >= 4 is 78.2 Å². The van der Waals surface area contributed by atoms with Crippen LogP contribution in [0.4, 0.5) is 31.7 Å². The SMILES string of the molecule is CC(C)(O)C1CN(c2cccc3c2ncn3-c2ccc3ncnc(Nc4c(F)ccc(NS(=O)(=O)c5cccc(Cl)c5Cl)c4F)c3n2)C1. The van der Waals surface area contributed by atoms with Crippen molar-refractivity contribution in [1.29, 1.82) is 0 Å². The number of hydrogen-bond acceptors (Lipinski definition) is 9. The number of para-hydroxylation sites is 1. The van der Waals surface area contributed by atoms with Crippen molar-refractivity contribution in [3.8, 4) is 5.82 Å². The second-order valence-electron chi connectivity index (χ2n) is 11.8. The number of nitrogens with zero attached hydrogens (tertiary/aromatic N) is 6. The summed E-state index contributed by atoms with van der Waals surface area (Å²) in [5, 5.41) is 12.8. The number of aliphatic hydroxyl groups is 1. The molecule has 4 heterocycles. The minimum absolute atomic E-state index is 0.00966. The molecule has 0 atom stereocenters. The summed E-state index contributed by atoms with van der Waals surface area (Å²) in [5.74, 6) is -1.68. The first-order valence-electron chi connectivity index (χ1n) is 14.6. The predicted molar refractivity (Wildman–Crippen MR) is 181 cm³/mol. The first kappa shape index (κ1) is 31.9. The molecule has 0 unspecified atom stereocenters. The van der Waals surface area contributed by atoms with Crippen LogP contribution in [0.2, 0.25) is 10.0 Å². The van der Waals surface area contributed by atoms with E-state index in [1.807, 2.05) is 32.0 Å². The maximum absolute atomic E-state index is 15.8. The molecule has 0 amide bonds. The molecule has 0 bridgehead atoms. The molecule has 6 aromatic rings. The van der Waals surface area contributed by atoms with Gasteiger partial charge in [0.2, 0.25) is 0 Å². The molecule has 7 rings (SSSR count). The third-order valence-electron chi connectivity index (χ3n) is 8.28. The normalized spacial score (nSPS) is 14.0. The van der Waals surface area contributed by atoms with E-state index in [0.29, 0.717) is 24.4 Å². The molecule has 1 fully saturated rings. The summed E-state index contributed by atoms with van der Waals surface area (Å²) in [7, 11) is -4.41. The lowest BCUT2D eigenvalue weighted by atomic mass is 9.84. The van der Waals surface area contributed by atoms with Gasteiger partial charge in [0.1, 0.15) is 45.9 Å². The number of pyridine rings is 1. The second kappa shape index (κ2) is 11.8. The Morgan fingerprint density at radius 1 is 0.958 bits per heavy atom. The molecule has 1 aliphatic rings. The minimum atomic E-state index is -4.41. The van der Waals surface area contributed by atoms with Crippen LogP contribution in [0.25, 0.3) is 27.9 Å². The van der Waals surface area contributed by atoms with E-state index in [1.54, 1.807) is 23.0 Å². The monoisotopic (exact) mass is 710 g/mol. The van der Waals surface area contributed by atoms with Gasteiger partial charge in [0, 0.05) is 19.0 Å². The number of halogens is 4. The predicted octanol–water partition coefficient (Wildman–Crippen LogP) is 6.70. The van der Waals surface area contributed by atoms with Gasteiger partial charge in [-0.25, -0.2) is 37.1 Å². The summed E-state index contributed by atoms with van der Waals surface area (Å²) >= 11 is 12.0. The number of imidazole rings is 1. The summed E-state index contributed by atoms with van der Waals surface area (Å²) in [6.07, 6.45) is 2.84. The van der Waals surface area contributed by atoms with Gasteiger partial charge >= 0.3 is 0 Å². The molecule has 0 aliphatic carbocycles. The van der Waals surface area contributed by atoms with Crippen molar-refractivity contribution in [3.05, 3.63) is 95.0 Å². The highest BCUT2D eigenvalue weighted by atomic mass is 35.5. The number of rotatable bonds is 8. The van der Waals surface area contributed by atoms with Gasteiger partial charge in [0.15, 0.2) is 11.6 Å². The Hall–Kier alpha value is -4.63. The van der Waals surface area contributed by atoms with Crippen LogP contribution in [0.5, 0.6) is 0 Å². The van der Waals surface area contributed by atoms with Crippen LogP contribution in [-0.2, 0) is 10.0 Å². The molecule has 16 heteroatoms. The molecule has 3 aromatic heterocycles. The third kappa shape index (κ3) is 5.64. The quantitative estimate of drug-likeness (QED) is 0.158. The summed E-state index contributed by atoms with van der Waals surface area (Å²) in [6, 6.07) is 15.1. The van der Waals surface area contributed by atoms with E-state index in [0.717, 1.165) is 28.9 Å². The van der Waals surface area contributed by atoms with E-state index in [9.17, 15) is 13.5 Å². The molecule has 48 heavy (non-hydrogen) atoms. The average molecular weight is 712 g/mol. The Morgan fingerprint density at radius 3 is 2.50 bits per heavy atom. The van der Waals surface area contributed by atoms with Crippen LogP contribution in [0, 0.1) is 17.6 Å². The Balaban J connectivity index is 1.22. The van der Waals surface area contributed by atoms with Crippen molar-refractivity contribution in [1.82, 2.24) is 24.5 Å². The Labute approximate surface area is 283 Å². The van der Waals surface area contributed by atoms with Crippen LogP contribution >= 0.6 is 23.2 Å². The van der Waals surface area contributed by atoms with Gasteiger partial charge in [-0.05, 0) is 62.4 Å². The smallest absolute Gasteiger partial charge is 0.263 e. The fourth-order valence-electron chi connectivity index (χ4n) is 5.49. The Kier molecular flexibility index (Phi) is 7.86. The molecule has 246 valence electrons. The lowest BCUT2D eigenvalue weighted by Gasteiger charge is -2.46. The maximum Gasteiger partial charge on any atom is 0.263 e. The van der Waals surface area contributed by atoms with E-state index in [4.69, 9.17) is 28.2 Å². The molecule has 0 radical (unpaired) electrons. The van der Waals surface area contributed by atoms with Gasteiger partial charge in [-0.3, -0.25) is 9.29 Å². The van der Waals surface area contributed by atoms with Crippen molar-refractivity contribution in [3.63, 3.8) is 0 Å². The minimum Gasteiger partial charge on any atom is -0.390 e. The lowest BCUT2D eigenvalue weighted by Crippen LogP contribution is -2.55. The number of anilines is 4. The molecule has 1 saturated heterocycles. The molecule has 3 aromatic carbocycles. The zero-order valence-corrected chi connectivity index (χ0v) is 27.6. The van der Waals surface area contributed by atoms with Gasteiger partial charge in [0.25, 0.3) is 10.0 Å². The molecule has 0 spiro atoms. The standard InChI is InChI=1S/C32H26Cl2F2N8O3S/c1-32(2,45)17-13-43(14-17)22-6-4-7-23-30(22)39-16-44(23)25-12-11-21-29(40-25)31(38-15-37-21)41-28-19(35)9-10-20(27(28)36)42-48(46,47)24-8-3-5-18(33)26(24)34/h3-12,15-17,42,45H,13-14H2,1-2H3,(H,37,38,41). The highest BCUT2D eigenvalue weighted by molar-refractivity contribution is 7.92. The number of benzene rings is 3. The van der Waals surface area contributed by atoms with Crippen LogP contribution in [0.15, 0.2) is 78.2 Å². The van der Waals surface area contributed by atoms with Gasteiger partial charge in [-0.1, -0.05) is 35.3 Å². The highest BCUT2D eigenvalue weighted by Crippen LogP contribution is 2.37. The van der Waals surface area contributed by atoms with Crippen molar-refractivity contribution in [2.45, 2.75) is 24.3 Å². The van der Waals surface area contributed by atoms with Crippen LogP contribution in [0.3, 0.4) is 0 Å². The summed E-state index contributed by atoms with van der Waals surface area (Å²) in [5.41, 5.74) is 1.03. The zero-order valence-electron chi connectivity index (χ0n) is 25.3. The summed E-state index contributed by atoms with van der Waals surface area (Å²) < 4.78 is 60.8. The van der Waals surface area contributed by atoms with Gasteiger partial charge < -0.3 is 15.3 Å². The van der Waals surface area contributed by atoms with Crippen molar-refractivity contribution in [2.75, 3.05) is 28.0 Å². The number of hydrogen-bond donors (Lipinski definition) is 3. The van der Waals surface area contributed by atoms with Gasteiger partial charge in [0.05, 0.1) is 38.1 Å². The average Bonchev–Trinajstić information content (AvgIpc) is 3.45. The van der Waals surface area contributed by atoms with E-state index in [1.165, 1.54) is 24.5 Å². The van der Waals surface area contributed by atoms with Crippen LogP contribution in [0.1, 0.15) is 13.8 Å². The fraction of sp³-hybridized carbons (Fsp3) is 0.188. The molecular formula is C32H26Cl2F2N8O3S. The van der Waals surface area contributed by atoms with E-state index in [2.05, 4.69) is 29.9 Å². The van der Waals surface area contributed by atoms with E-state index in [-0.39, 0.29) is 32.2 Å². The molecular weight excluding hydrogens is 685 g/mol. The topological polar surface area (TPSA) is 138 Å². The fourth-order valence-corrected chi connectivity index (χ4v) is 7.32. The lowest BCUT2D eigenvalue weighted by molar-refractivity contribution is 0.00465. The largest absolute Gasteiger partial charge is 0.390 e. The third-order valence-corrected chi connectivity index (χ3v) is 10.6. The van der Waals surface area contributed by atoms with Crippen molar-refractivity contribution in [2.24, 2.45) is 5.92 Å². The summed E-state index contributed by atoms with van der Waals surface area (Å²) in [4.78, 5) is 19.6. The first-order valence-corrected chi connectivity index (χ1v) is 16.8. The second-order valence-corrected chi connectivity index (χ2v) is 14.3. The number of fused-ring (bicyclic) bond motifs is 2. The number of aromatic nitrogens is 5. The van der Waals surface area contributed by atoms with Gasteiger partial charge in [-0.15, -0.1) is 0 Å². The molecule has 11 nitrogen and oxygen atoms in total. The molecule has 3 N–H and O–H groups in total. The van der Waals surface area contributed by atoms with Crippen molar-refractivity contribution < 1.29 is 22.3 Å². The molecule has 0 saturated carbocycles. The van der Waals surface area contributed by atoms with Crippen LogP contribution in [-0.4, -0.2) is 56.7 Å². The highest BCUT2D eigenvalue weighted by Gasteiger charge is 2.38. The number of nitrogens with one attached hydrogen (secondary N) is 2. The number of sulfonamides is 1. The Bertz CT molecular complexity index is 2340. The van der Waals surface area contributed by atoms with E-state index >= 15 is 8.78 Å².